The van der Waals surface area contributed by atoms with Crippen LogP contribution in [0.15, 0.2) is 12.4 Å². The number of nitrogen functional groups attached to an aromatic ring is 1. The van der Waals surface area contributed by atoms with Crippen molar-refractivity contribution in [3.63, 3.8) is 0 Å². The van der Waals surface area contributed by atoms with Gasteiger partial charge in [0.05, 0.1) is 12.4 Å². The van der Waals surface area contributed by atoms with Crippen LogP contribution in [0.2, 0.25) is 0 Å². The SMILES string of the molecule is CCCCCNc1cnc(N)cn1. The standard InChI is InChI=1S/C9H16N4/c1-2-3-4-5-11-9-7-12-8(10)6-13-9/h6-7H,2-5H2,1H3,(H2,10,12)(H,11,13). The van der Waals surface area contributed by atoms with E-state index in [2.05, 4.69) is 22.2 Å². The molecule has 0 aliphatic rings. The van der Waals surface area contributed by atoms with Crippen molar-refractivity contribution >= 4 is 11.6 Å². The number of hydrogen-bond acceptors (Lipinski definition) is 4. The number of unbranched alkanes of at least 4 members (excludes halogenated alkanes) is 2. The highest BCUT2D eigenvalue weighted by molar-refractivity contribution is 5.35. The highest BCUT2D eigenvalue weighted by atomic mass is 15.0. The topological polar surface area (TPSA) is 63.8 Å². The summed E-state index contributed by atoms with van der Waals surface area (Å²) in [5.74, 6) is 1.25. The van der Waals surface area contributed by atoms with Gasteiger partial charge < -0.3 is 11.1 Å². The second-order valence-electron chi connectivity index (χ2n) is 2.96. The maximum absolute atomic E-state index is 5.40. The van der Waals surface area contributed by atoms with E-state index in [1.54, 1.807) is 12.4 Å². The van der Waals surface area contributed by atoms with Crippen LogP contribution in [0.5, 0.6) is 0 Å². The summed E-state index contributed by atoms with van der Waals surface area (Å²) in [6, 6.07) is 0. The summed E-state index contributed by atoms with van der Waals surface area (Å²) in [5, 5.41) is 3.18. The molecule has 72 valence electrons. The molecule has 0 bridgehead atoms. The largest absolute Gasteiger partial charge is 0.382 e. The Balaban J connectivity index is 2.25. The Labute approximate surface area is 78.6 Å². The fourth-order valence-corrected chi connectivity index (χ4v) is 1.02. The first-order chi connectivity index (χ1) is 6.33. The maximum Gasteiger partial charge on any atom is 0.144 e. The normalized spacial score (nSPS) is 9.92. The average molecular weight is 180 g/mol. The number of rotatable bonds is 5. The number of nitrogens with zero attached hydrogens (tertiary/aromatic N) is 2. The third kappa shape index (κ3) is 3.73. The number of aromatic nitrogens is 2. The molecule has 4 nitrogen and oxygen atoms in total. The summed E-state index contributed by atoms with van der Waals surface area (Å²) in [4.78, 5) is 8.01. The van der Waals surface area contributed by atoms with Crippen molar-refractivity contribution in [2.75, 3.05) is 17.6 Å². The molecule has 0 saturated heterocycles. The monoisotopic (exact) mass is 180 g/mol. The van der Waals surface area contributed by atoms with E-state index in [1.165, 1.54) is 19.3 Å². The maximum atomic E-state index is 5.40. The van der Waals surface area contributed by atoms with Crippen molar-refractivity contribution in [1.29, 1.82) is 0 Å². The van der Waals surface area contributed by atoms with Crippen LogP contribution < -0.4 is 11.1 Å². The van der Waals surface area contributed by atoms with Gasteiger partial charge in [0.15, 0.2) is 0 Å². The molecule has 4 heteroatoms. The molecule has 0 fully saturated rings. The number of nitrogens with two attached hydrogens (primary N) is 1. The second-order valence-corrected chi connectivity index (χ2v) is 2.96. The molecule has 0 radical (unpaired) electrons. The molecule has 0 saturated carbocycles. The Kier molecular flexibility index (Phi) is 4.02. The number of nitrogens with one attached hydrogen (secondary N) is 1. The van der Waals surface area contributed by atoms with Gasteiger partial charge in [-0.3, -0.25) is 0 Å². The predicted molar refractivity (Wildman–Crippen MR) is 54.5 cm³/mol. The van der Waals surface area contributed by atoms with Gasteiger partial charge in [-0.2, -0.15) is 0 Å². The molecule has 0 amide bonds. The van der Waals surface area contributed by atoms with Gasteiger partial charge in [-0.05, 0) is 6.42 Å². The highest BCUT2D eigenvalue weighted by Crippen LogP contribution is 2.02. The fraction of sp³-hybridized carbons (Fsp3) is 0.556. The van der Waals surface area contributed by atoms with E-state index in [-0.39, 0.29) is 0 Å². The van der Waals surface area contributed by atoms with Gasteiger partial charge in [-0.1, -0.05) is 19.8 Å². The van der Waals surface area contributed by atoms with E-state index in [1.807, 2.05) is 0 Å². The summed E-state index contributed by atoms with van der Waals surface area (Å²) in [5.41, 5.74) is 5.40. The van der Waals surface area contributed by atoms with Crippen LogP contribution in [0.4, 0.5) is 11.6 Å². The van der Waals surface area contributed by atoms with Gasteiger partial charge in [0.25, 0.3) is 0 Å². The van der Waals surface area contributed by atoms with Crippen LogP contribution in [0.25, 0.3) is 0 Å². The van der Waals surface area contributed by atoms with Crippen LogP contribution in [-0.2, 0) is 0 Å². The molecule has 0 aliphatic heterocycles. The van der Waals surface area contributed by atoms with Crippen molar-refractivity contribution in [2.45, 2.75) is 26.2 Å². The van der Waals surface area contributed by atoms with E-state index in [0.717, 1.165) is 12.4 Å². The first-order valence-electron chi connectivity index (χ1n) is 4.64. The minimum absolute atomic E-state index is 0.458. The first-order valence-corrected chi connectivity index (χ1v) is 4.64. The molecule has 0 atom stereocenters. The quantitative estimate of drug-likeness (QED) is 0.676. The molecule has 1 aromatic heterocycles. The first kappa shape index (κ1) is 9.77. The zero-order chi connectivity index (χ0) is 9.52. The van der Waals surface area contributed by atoms with Crippen LogP contribution >= 0.6 is 0 Å². The molecule has 0 aliphatic carbocycles. The molecule has 0 spiro atoms. The minimum Gasteiger partial charge on any atom is -0.382 e. The molecular formula is C9H16N4. The lowest BCUT2D eigenvalue weighted by Gasteiger charge is -2.03. The van der Waals surface area contributed by atoms with Crippen molar-refractivity contribution < 1.29 is 0 Å². The number of anilines is 2. The summed E-state index contributed by atoms with van der Waals surface area (Å²) < 4.78 is 0. The molecule has 1 aromatic rings. The van der Waals surface area contributed by atoms with Gasteiger partial charge in [-0.25, -0.2) is 9.97 Å². The van der Waals surface area contributed by atoms with Gasteiger partial charge in [-0.15, -0.1) is 0 Å². The van der Waals surface area contributed by atoms with Crippen molar-refractivity contribution in [2.24, 2.45) is 0 Å². The van der Waals surface area contributed by atoms with Crippen molar-refractivity contribution in [3.8, 4) is 0 Å². The summed E-state index contributed by atoms with van der Waals surface area (Å²) >= 11 is 0. The summed E-state index contributed by atoms with van der Waals surface area (Å²) in [7, 11) is 0. The molecule has 0 aromatic carbocycles. The zero-order valence-corrected chi connectivity index (χ0v) is 7.95. The summed E-state index contributed by atoms with van der Waals surface area (Å²) in [6.07, 6.45) is 6.86. The van der Waals surface area contributed by atoms with Crippen LogP contribution in [-0.4, -0.2) is 16.5 Å². The fourth-order valence-electron chi connectivity index (χ4n) is 1.02. The highest BCUT2D eigenvalue weighted by Gasteiger charge is 1.92. The van der Waals surface area contributed by atoms with Gasteiger partial charge in [0.2, 0.25) is 0 Å². The third-order valence-corrected chi connectivity index (χ3v) is 1.76. The van der Waals surface area contributed by atoms with E-state index in [0.29, 0.717) is 5.82 Å². The minimum atomic E-state index is 0.458. The Bertz CT molecular complexity index is 232. The van der Waals surface area contributed by atoms with Gasteiger partial charge in [0.1, 0.15) is 11.6 Å². The van der Waals surface area contributed by atoms with E-state index >= 15 is 0 Å². The molecule has 3 N–H and O–H groups in total. The molecule has 13 heavy (non-hydrogen) atoms. The Morgan fingerprint density at radius 2 is 2.15 bits per heavy atom. The summed E-state index contributed by atoms with van der Waals surface area (Å²) in [6.45, 7) is 3.13. The predicted octanol–water partition coefficient (Wildman–Crippen LogP) is 1.66. The zero-order valence-electron chi connectivity index (χ0n) is 7.95. The van der Waals surface area contributed by atoms with Gasteiger partial charge in [0, 0.05) is 6.54 Å². The third-order valence-electron chi connectivity index (χ3n) is 1.76. The van der Waals surface area contributed by atoms with Crippen LogP contribution in [0.3, 0.4) is 0 Å². The Hall–Kier alpha value is -1.32. The van der Waals surface area contributed by atoms with Crippen molar-refractivity contribution in [3.05, 3.63) is 12.4 Å². The van der Waals surface area contributed by atoms with Crippen molar-refractivity contribution in [1.82, 2.24) is 9.97 Å². The molecule has 1 rings (SSSR count). The second kappa shape index (κ2) is 5.35. The lowest BCUT2D eigenvalue weighted by atomic mass is 10.2. The Morgan fingerprint density at radius 1 is 1.31 bits per heavy atom. The van der Waals surface area contributed by atoms with E-state index < -0.39 is 0 Å². The molecular weight excluding hydrogens is 164 g/mol. The van der Waals surface area contributed by atoms with E-state index in [4.69, 9.17) is 5.73 Å². The van der Waals surface area contributed by atoms with E-state index in [9.17, 15) is 0 Å². The molecule has 0 unspecified atom stereocenters. The van der Waals surface area contributed by atoms with Crippen LogP contribution in [0.1, 0.15) is 26.2 Å². The van der Waals surface area contributed by atoms with Gasteiger partial charge >= 0.3 is 0 Å². The Morgan fingerprint density at radius 3 is 2.77 bits per heavy atom. The molecule has 1 heterocycles. The number of hydrogen-bond donors (Lipinski definition) is 2. The lowest BCUT2D eigenvalue weighted by Crippen LogP contribution is -2.04. The average Bonchev–Trinajstić information content (AvgIpc) is 2.15. The van der Waals surface area contributed by atoms with Crippen LogP contribution in [0, 0.1) is 0 Å². The smallest absolute Gasteiger partial charge is 0.144 e. The lowest BCUT2D eigenvalue weighted by molar-refractivity contribution is 0.742.